The Labute approximate surface area is 46.3 Å². The number of halogens is 2. The van der Waals surface area contributed by atoms with Gasteiger partial charge >= 0.3 is 0 Å². The lowest BCUT2D eigenvalue weighted by Gasteiger charge is -1.97. The molecule has 0 saturated heterocycles. The summed E-state index contributed by atoms with van der Waals surface area (Å²) in [5.74, 6) is 0. The summed E-state index contributed by atoms with van der Waals surface area (Å²) >= 11 is 0. The van der Waals surface area contributed by atoms with E-state index in [1.165, 1.54) is 0 Å². The third-order valence-electron chi connectivity index (χ3n) is 0.395. The maximum Gasteiger partial charge on any atom is 0.264 e. The molecule has 0 saturated carbocycles. The summed E-state index contributed by atoms with van der Waals surface area (Å²) in [5, 5.41) is 0. The predicted molar refractivity (Wildman–Crippen MR) is 23.6 cm³/mol. The maximum atomic E-state index is 11.2. The van der Waals surface area contributed by atoms with E-state index in [2.05, 4.69) is 9.78 Å². The maximum absolute atomic E-state index is 11.2. The van der Waals surface area contributed by atoms with Crippen LogP contribution in [0, 0.1) is 0 Å². The van der Waals surface area contributed by atoms with Gasteiger partial charge in [0.25, 0.3) is 6.43 Å². The third-order valence-corrected chi connectivity index (χ3v) is 0.395. The van der Waals surface area contributed by atoms with Crippen LogP contribution in [-0.2, 0) is 9.78 Å². The zero-order chi connectivity index (χ0) is 6.41. The molecule has 0 aliphatic carbocycles. The van der Waals surface area contributed by atoms with E-state index < -0.39 is 13.0 Å². The van der Waals surface area contributed by atoms with Crippen molar-refractivity contribution in [2.24, 2.45) is 0 Å². The van der Waals surface area contributed by atoms with E-state index >= 15 is 0 Å². The molecule has 0 aromatic heterocycles. The topological polar surface area (TPSA) is 18.5 Å². The Balaban J connectivity index is 2.72. The predicted octanol–water partition coefficient (Wildman–Crippen LogP) is 1.22. The molecule has 8 heavy (non-hydrogen) atoms. The molecule has 0 aliphatic heterocycles. The quantitative estimate of drug-likeness (QED) is 0.320. The Kier molecular flexibility index (Phi) is 4.79. The van der Waals surface area contributed by atoms with Gasteiger partial charge in [0.05, 0.1) is 6.61 Å². The highest BCUT2D eigenvalue weighted by atomic mass is 19.3. The van der Waals surface area contributed by atoms with Crippen molar-refractivity contribution in [2.45, 2.75) is 13.3 Å². The molecule has 0 aromatic carbocycles. The van der Waals surface area contributed by atoms with Crippen molar-refractivity contribution in [3.8, 4) is 0 Å². The lowest BCUT2D eigenvalue weighted by atomic mass is 10.8. The van der Waals surface area contributed by atoms with Gasteiger partial charge in [0, 0.05) is 0 Å². The molecule has 0 rings (SSSR count). The highest BCUT2D eigenvalue weighted by Crippen LogP contribution is 1.91. The van der Waals surface area contributed by atoms with Gasteiger partial charge in [0.2, 0.25) is 0 Å². The van der Waals surface area contributed by atoms with E-state index in [1.807, 2.05) is 0 Å². The van der Waals surface area contributed by atoms with Gasteiger partial charge in [-0.2, -0.15) is 0 Å². The highest BCUT2D eigenvalue weighted by Gasteiger charge is 2.00. The van der Waals surface area contributed by atoms with Crippen LogP contribution in [0.1, 0.15) is 6.92 Å². The highest BCUT2D eigenvalue weighted by molar-refractivity contribution is 4.26. The minimum atomic E-state index is -2.44. The fourth-order valence-corrected chi connectivity index (χ4v) is 0.183. The zero-order valence-corrected chi connectivity index (χ0v) is 4.56. The summed E-state index contributed by atoms with van der Waals surface area (Å²) in [5.41, 5.74) is 0. The van der Waals surface area contributed by atoms with Crippen LogP contribution >= 0.6 is 0 Å². The SMILES string of the molecule is CCOOCC(F)F. The van der Waals surface area contributed by atoms with Gasteiger partial charge in [-0.25, -0.2) is 18.6 Å². The fourth-order valence-electron chi connectivity index (χ4n) is 0.183. The molecule has 0 radical (unpaired) electrons. The van der Waals surface area contributed by atoms with Crippen molar-refractivity contribution in [1.82, 2.24) is 0 Å². The first-order chi connectivity index (χ1) is 3.77. The van der Waals surface area contributed by atoms with Crippen molar-refractivity contribution >= 4 is 0 Å². The van der Waals surface area contributed by atoms with Crippen LogP contribution < -0.4 is 0 Å². The van der Waals surface area contributed by atoms with Crippen molar-refractivity contribution in [1.29, 1.82) is 0 Å². The van der Waals surface area contributed by atoms with Gasteiger partial charge < -0.3 is 0 Å². The lowest BCUT2D eigenvalue weighted by molar-refractivity contribution is -0.304. The molecule has 2 nitrogen and oxygen atoms in total. The minimum absolute atomic E-state index is 0.298. The summed E-state index contributed by atoms with van der Waals surface area (Å²) in [7, 11) is 0. The summed E-state index contributed by atoms with van der Waals surface area (Å²) in [6.07, 6.45) is -2.44. The first-order valence-electron chi connectivity index (χ1n) is 2.30. The van der Waals surface area contributed by atoms with Crippen LogP contribution in [0.5, 0.6) is 0 Å². The lowest BCUT2D eigenvalue weighted by Crippen LogP contribution is -2.04. The van der Waals surface area contributed by atoms with E-state index in [-0.39, 0.29) is 0 Å². The van der Waals surface area contributed by atoms with Crippen LogP contribution in [0.4, 0.5) is 8.78 Å². The average molecular weight is 126 g/mol. The Morgan fingerprint density at radius 2 is 2.00 bits per heavy atom. The van der Waals surface area contributed by atoms with Gasteiger partial charge in [0.15, 0.2) is 0 Å². The van der Waals surface area contributed by atoms with Crippen molar-refractivity contribution in [3.05, 3.63) is 0 Å². The number of hydrogen-bond acceptors (Lipinski definition) is 2. The van der Waals surface area contributed by atoms with E-state index in [0.29, 0.717) is 6.61 Å². The summed E-state index contributed by atoms with van der Waals surface area (Å²) in [6, 6.07) is 0. The molecule has 4 heteroatoms. The first-order valence-corrected chi connectivity index (χ1v) is 2.30. The van der Waals surface area contributed by atoms with Crippen molar-refractivity contribution in [2.75, 3.05) is 13.2 Å². The van der Waals surface area contributed by atoms with Crippen LogP contribution in [-0.4, -0.2) is 19.6 Å². The van der Waals surface area contributed by atoms with Crippen LogP contribution in [0.25, 0.3) is 0 Å². The van der Waals surface area contributed by atoms with E-state index in [4.69, 9.17) is 0 Å². The van der Waals surface area contributed by atoms with Gasteiger partial charge in [0.1, 0.15) is 6.61 Å². The second kappa shape index (κ2) is 4.93. The van der Waals surface area contributed by atoms with Gasteiger partial charge in [-0.05, 0) is 6.92 Å². The fraction of sp³-hybridized carbons (Fsp3) is 1.00. The summed E-state index contributed by atoms with van der Waals surface area (Å²) in [6.45, 7) is 1.31. The van der Waals surface area contributed by atoms with Gasteiger partial charge in [-0.3, -0.25) is 0 Å². The first kappa shape index (κ1) is 7.78. The summed E-state index contributed by atoms with van der Waals surface area (Å²) < 4.78 is 22.3. The van der Waals surface area contributed by atoms with Crippen LogP contribution in [0.15, 0.2) is 0 Å². The smallest absolute Gasteiger partial charge is 0.237 e. The van der Waals surface area contributed by atoms with Gasteiger partial charge in [-0.1, -0.05) is 0 Å². The van der Waals surface area contributed by atoms with Crippen LogP contribution in [0.3, 0.4) is 0 Å². The zero-order valence-electron chi connectivity index (χ0n) is 4.56. The standard InChI is InChI=1S/C4H8F2O2/c1-2-7-8-3-4(5)6/h4H,2-3H2,1H3. The molecule has 0 fully saturated rings. The Bertz CT molecular complexity index is 49.3. The molecular formula is C4H8F2O2. The number of hydrogen-bond donors (Lipinski definition) is 0. The third kappa shape index (κ3) is 5.78. The minimum Gasteiger partial charge on any atom is -0.237 e. The largest absolute Gasteiger partial charge is 0.264 e. The molecule has 0 unspecified atom stereocenters. The summed E-state index contributed by atoms with van der Waals surface area (Å²) in [4.78, 5) is 8.16. The van der Waals surface area contributed by atoms with E-state index in [9.17, 15) is 8.78 Å². The number of alkyl halides is 2. The second-order valence-electron chi connectivity index (χ2n) is 1.08. The monoisotopic (exact) mass is 126 g/mol. The van der Waals surface area contributed by atoms with Crippen LogP contribution in [0.2, 0.25) is 0 Å². The Morgan fingerprint density at radius 3 is 2.38 bits per heavy atom. The molecule has 0 N–H and O–H groups in total. The van der Waals surface area contributed by atoms with Gasteiger partial charge in [-0.15, -0.1) is 0 Å². The molecule has 0 amide bonds. The van der Waals surface area contributed by atoms with E-state index in [1.54, 1.807) is 6.92 Å². The molecule has 0 bridgehead atoms. The Morgan fingerprint density at radius 1 is 1.38 bits per heavy atom. The van der Waals surface area contributed by atoms with Crippen molar-refractivity contribution in [3.63, 3.8) is 0 Å². The molecule has 0 aromatic rings. The van der Waals surface area contributed by atoms with Crippen molar-refractivity contribution < 1.29 is 18.6 Å². The molecular weight excluding hydrogens is 118 g/mol. The second-order valence-corrected chi connectivity index (χ2v) is 1.08. The normalized spacial score (nSPS) is 10.5. The molecule has 0 spiro atoms. The number of rotatable bonds is 4. The van der Waals surface area contributed by atoms with E-state index in [0.717, 1.165) is 0 Å². The molecule has 0 aliphatic rings. The molecule has 0 heterocycles. The average Bonchev–Trinajstić information content (AvgIpc) is 1.66. The molecule has 50 valence electrons. The Hall–Kier alpha value is -0.220. The molecule has 0 atom stereocenters.